The van der Waals surface area contributed by atoms with Crippen LogP contribution in [0.15, 0.2) is 48.5 Å². The molecule has 3 heteroatoms. The summed E-state index contributed by atoms with van der Waals surface area (Å²) in [5, 5.41) is 8.90. The molecular formula is C16H15FN2. The highest BCUT2D eigenvalue weighted by molar-refractivity contribution is 5.52. The molecule has 0 unspecified atom stereocenters. The minimum absolute atomic E-state index is 0.349. The lowest BCUT2D eigenvalue weighted by Gasteiger charge is -2.23. The quantitative estimate of drug-likeness (QED) is 0.831. The molecule has 0 aliphatic carbocycles. The van der Waals surface area contributed by atoms with Crippen LogP contribution < -0.4 is 4.90 Å². The van der Waals surface area contributed by atoms with Crippen molar-refractivity contribution in [2.75, 3.05) is 11.4 Å². The van der Waals surface area contributed by atoms with Crippen molar-refractivity contribution in [3.8, 4) is 6.07 Å². The van der Waals surface area contributed by atoms with Crippen molar-refractivity contribution in [1.82, 2.24) is 0 Å². The van der Waals surface area contributed by atoms with Crippen molar-refractivity contribution in [2.45, 2.75) is 13.5 Å². The first kappa shape index (κ1) is 13.1. The largest absolute Gasteiger partial charge is 0.367 e. The molecule has 0 aliphatic heterocycles. The van der Waals surface area contributed by atoms with Gasteiger partial charge in [-0.3, -0.25) is 0 Å². The van der Waals surface area contributed by atoms with Gasteiger partial charge in [0.05, 0.1) is 11.6 Å². The van der Waals surface area contributed by atoms with Crippen molar-refractivity contribution < 1.29 is 4.39 Å². The first-order chi connectivity index (χ1) is 9.22. The van der Waals surface area contributed by atoms with Crippen LogP contribution in [0.3, 0.4) is 0 Å². The molecule has 0 amide bonds. The van der Waals surface area contributed by atoms with Crippen molar-refractivity contribution in [3.05, 3.63) is 65.5 Å². The summed E-state index contributed by atoms with van der Waals surface area (Å²) in [4.78, 5) is 2.04. The smallest absolute Gasteiger partial charge is 0.126 e. The van der Waals surface area contributed by atoms with Gasteiger partial charge in [-0.15, -0.1) is 0 Å². The molecule has 0 aliphatic rings. The van der Waals surface area contributed by atoms with Gasteiger partial charge in [0.2, 0.25) is 0 Å². The minimum atomic E-state index is -0.374. The Morgan fingerprint density at radius 3 is 2.53 bits per heavy atom. The Morgan fingerprint density at radius 2 is 1.89 bits per heavy atom. The standard InChI is InChI=1S/C16H15FN2/c1-2-19(12-13-6-4-3-5-7-13)16-9-14(11-18)8-15(17)10-16/h3-10H,2,12H2,1H3. The molecule has 0 N–H and O–H groups in total. The molecule has 0 atom stereocenters. The SMILES string of the molecule is CCN(Cc1ccccc1)c1cc(F)cc(C#N)c1. The van der Waals surface area contributed by atoms with Crippen LogP contribution in [0.5, 0.6) is 0 Å². The van der Waals surface area contributed by atoms with Crippen LogP contribution in [0.25, 0.3) is 0 Å². The lowest BCUT2D eigenvalue weighted by Crippen LogP contribution is -2.22. The molecular weight excluding hydrogens is 239 g/mol. The Morgan fingerprint density at radius 1 is 1.16 bits per heavy atom. The van der Waals surface area contributed by atoms with Gasteiger partial charge >= 0.3 is 0 Å². The number of hydrogen-bond donors (Lipinski definition) is 0. The zero-order valence-corrected chi connectivity index (χ0v) is 10.8. The van der Waals surface area contributed by atoms with Crippen LogP contribution >= 0.6 is 0 Å². The van der Waals surface area contributed by atoms with Gasteiger partial charge in [-0.05, 0) is 30.7 Å². The van der Waals surface area contributed by atoms with E-state index in [1.165, 1.54) is 12.1 Å². The molecule has 0 heterocycles. The molecule has 96 valence electrons. The third kappa shape index (κ3) is 3.32. The molecule has 2 nitrogen and oxygen atoms in total. The maximum absolute atomic E-state index is 13.5. The Balaban J connectivity index is 2.27. The predicted molar refractivity (Wildman–Crippen MR) is 74.3 cm³/mol. The number of rotatable bonds is 4. The summed E-state index contributed by atoms with van der Waals surface area (Å²) in [7, 11) is 0. The third-order valence-electron chi connectivity index (χ3n) is 2.97. The van der Waals surface area contributed by atoms with E-state index in [1.807, 2.05) is 48.2 Å². The topological polar surface area (TPSA) is 27.0 Å². The summed E-state index contributed by atoms with van der Waals surface area (Å²) >= 11 is 0. The summed E-state index contributed by atoms with van der Waals surface area (Å²) in [6, 6.07) is 16.4. The lowest BCUT2D eigenvalue weighted by molar-refractivity contribution is 0.626. The van der Waals surface area contributed by atoms with E-state index in [4.69, 9.17) is 5.26 Å². The van der Waals surface area contributed by atoms with E-state index >= 15 is 0 Å². The summed E-state index contributed by atoms with van der Waals surface area (Å²) in [6.07, 6.45) is 0. The lowest BCUT2D eigenvalue weighted by atomic mass is 10.1. The van der Waals surface area contributed by atoms with Crippen LogP contribution in [-0.4, -0.2) is 6.54 Å². The van der Waals surface area contributed by atoms with Crippen molar-refractivity contribution in [3.63, 3.8) is 0 Å². The minimum Gasteiger partial charge on any atom is -0.367 e. The molecule has 0 saturated carbocycles. The maximum atomic E-state index is 13.5. The van der Waals surface area contributed by atoms with Gasteiger partial charge in [-0.2, -0.15) is 5.26 Å². The predicted octanol–water partition coefficient (Wildman–Crippen LogP) is 3.72. The number of hydrogen-bond acceptors (Lipinski definition) is 2. The second-order valence-electron chi connectivity index (χ2n) is 4.31. The normalized spacial score (nSPS) is 9.95. The van der Waals surface area contributed by atoms with Crippen molar-refractivity contribution in [2.24, 2.45) is 0 Å². The Bertz CT molecular complexity index is 587. The van der Waals surface area contributed by atoms with Crippen molar-refractivity contribution in [1.29, 1.82) is 5.26 Å². The van der Waals surface area contributed by atoms with E-state index in [9.17, 15) is 4.39 Å². The van der Waals surface area contributed by atoms with Gasteiger partial charge < -0.3 is 4.90 Å². The summed E-state index contributed by atoms with van der Waals surface area (Å²) in [6.45, 7) is 3.47. The molecule has 19 heavy (non-hydrogen) atoms. The fourth-order valence-corrected chi connectivity index (χ4v) is 2.01. The van der Waals surface area contributed by atoms with Gasteiger partial charge in [0.25, 0.3) is 0 Å². The Hall–Kier alpha value is -2.34. The number of halogens is 1. The van der Waals surface area contributed by atoms with Crippen LogP contribution in [0.1, 0.15) is 18.1 Å². The molecule has 2 rings (SSSR count). The molecule has 0 spiro atoms. The average Bonchev–Trinajstić information content (AvgIpc) is 2.45. The fraction of sp³-hybridized carbons (Fsp3) is 0.188. The first-order valence-electron chi connectivity index (χ1n) is 6.22. The maximum Gasteiger partial charge on any atom is 0.126 e. The molecule has 0 fully saturated rings. The van der Waals surface area contributed by atoms with E-state index in [1.54, 1.807) is 6.07 Å². The summed E-state index contributed by atoms with van der Waals surface area (Å²) in [5.74, 6) is -0.374. The Kier molecular flexibility index (Phi) is 4.15. The zero-order valence-electron chi connectivity index (χ0n) is 10.8. The van der Waals surface area contributed by atoms with Crippen LogP contribution in [0.2, 0.25) is 0 Å². The highest BCUT2D eigenvalue weighted by Crippen LogP contribution is 2.20. The number of benzene rings is 2. The zero-order chi connectivity index (χ0) is 13.7. The number of nitrogens with zero attached hydrogens (tertiary/aromatic N) is 2. The highest BCUT2D eigenvalue weighted by atomic mass is 19.1. The molecule has 0 bridgehead atoms. The molecule has 0 radical (unpaired) electrons. The van der Waals surface area contributed by atoms with E-state index in [2.05, 4.69) is 0 Å². The average molecular weight is 254 g/mol. The van der Waals surface area contributed by atoms with E-state index in [0.717, 1.165) is 17.8 Å². The second-order valence-corrected chi connectivity index (χ2v) is 4.31. The van der Waals surface area contributed by atoms with Gasteiger partial charge in [0, 0.05) is 18.8 Å². The van der Waals surface area contributed by atoms with Crippen LogP contribution in [0.4, 0.5) is 10.1 Å². The summed E-state index contributed by atoms with van der Waals surface area (Å²) < 4.78 is 13.5. The molecule has 2 aromatic rings. The Labute approximate surface area is 112 Å². The number of anilines is 1. The third-order valence-corrected chi connectivity index (χ3v) is 2.97. The van der Waals surface area contributed by atoms with Crippen LogP contribution in [0, 0.1) is 17.1 Å². The monoisotopic (exact) mass is 254 g/mol. The van der Waals surface area contributed by atoms with E-state index in [-0.39, 0.29) is 5.82 Å². The van der Waals surface area contributed by atoms with Crippen molar-refractivity contribution >= 4 is 5.69 Å². The molecule has 2 aromatic carbocycles. The van der Waals surface area contributed by atoms with Gasteiger partial charge in [-0.25, -0.2) is 4.39 Å². The van der Waals surface area contributed by atoms with E-state index < -0.39 is 0 Å². The first-order valence-corrected chi connectivity index (χ1v) is 6.22. The van der Waals surface area contributed by atoms with Crippen LogP contribution in [-0.2, 0) is 6.54 Å². The number of nitriles is 1. The van der Waals surface area contributed by atoms with E-state index in [0.29, 0.717) is 12.1 Å². The molecule has 0 saturated heterocycles. The van der Waals surface area contributed by atoms with Gasteiger partial charge in [0.15, 0.2) is 0 Å². The van der Waals surface area contributed by atoms with Gasteiger partial charge in [-0.1, -0.05) is 30.3 Å². The molecule has 0 aromatic heterocycles. The second kappa shape index (κ2) is 6.01. The highest BCUT2D eigenvalue weighted by Gasteiger charge is 2.08. The fourth-order valence-electron chi connectivity index (χ4n) is 2.01. The van der Waals surface area contributed by atoms with Gasteiger partial charge in [0.1, 0.15) is 5.82 Å². The summed E-state index contributed by atoms with van der Waals surface area (Å²) in [5.41, 5.74) is 2.25.